The number of aryl methyl sites for hydroxylation is 1. The van der Waals surface area contributed by atoms with Gasteiger partial charge in [-0.05, 0) is 52.6 Å². The summed E-state index contributed by atoms with van der Waals surface area (Å²) in [5, 5.41) is 20.8. The maximum atomic E-state index is 11.1. The third-order valence-corrected chi connectivity index (χ3v) is 4.45. The molecule has 1 aliphatic heterocycles. The molecular weight excluding hydrogens is 270 g/mol. The molecule has 1 saturated heterocycles. The van der Waals surface area contributed by atoms with Gasteiger partial charge in [-0.15, -0.1) is 0 Å². The molecule has 6 heteroatoms. The summed E-state index contributed by atoms with van der Waals surface area (Å²) in [5.41, 5.74) is 2.23. The zero-order valence-corrected chi connectivity index (χ0v) is 12.9. The fourth-order valence-electron chi connectivity index (χ4n) is 3.01. The molecule has 1 N–H and O–H groups in total. The van der Waals surface area contributed by atoms with Crippen LogP contribution in [0.3, 0.4) is 0 Å². The predicted octanol–water partition coefficient (Wildman–Crippen LogP) is 2.20. The van der Waals surface area contributed by atoms with Crippen molar-refractivity contribution in [1.82, 2.24) is 9.88 Å². The Morgan fingerprint density at radius 1 is 1.48 bits per heavy atom. The largest absolute Gasteiger partial charge is 0.393 e. The second kappa shape index (κ2) is 6.49. The molecule has 21 heavy (non-hydrogen) atoms. The highest BCUT2D eigenvalue weighted by molar-refractivity contribution is 5.47. The van der Waals surface area contributed by atoms with Crippen LogP contribution in [0.1, 0.15) is 36.6 Å². The monoisotopic (exact) mass is 293 g/mol. The standard InChI is InChI=1S/C15H23N3O3/c1-10-8-16-14(11(2)15(10)18(20)21)9-17-6-4-13(5-7-17)12(3)19/h8,12-13,19H,4-7,9H2,1-3H3. The molecule has 1 aromatic heterocycles. The Morgan fingerprint density at radius 3 is 2.62 bits per heavy atom. The van der Waals surface area contributed by atoms with Crippen LogP contribution in [0.4, 0.5) is 5.69 Å². The molecule has 116 valence electrons. The Balaban J connectivity index is 2.08. The average Bonchev–Trinajstić information content (AvgIpc) is 2.42. The lowest BCUT2D eigenvalue weighted by molar-refractivity contribution is -0.386. The quantitative estimate of drug-likeness (QED) is 0.680. The SMILES string of the molecule is Cc1cnc(CN2CCC(C(C)O)CC2)c(C)c1[N+](=O)[O-]. The van der Waals surface area contributed by atoms with Gasteiger partial charge in [0.05, 0.1) is 16.7 Å². The zero-order chi connectivity index (χ0) is 15.6. The van der Waals surface area contributed by atoms with Crippen molar-refractivity contribution in [3.63, 3.8) is 0 Å². The van der Waals surface area contributed by atoms with Crippen LogP contribution in [0, 0.1) is 29.9 Å². The summed E-state index contributed by atoms with van der Waals surface area (Å²) < 4.78 is 0. The molecule has 1 fully saturated rings. The molecule has 0 spiro atoms. The van der Waals surface area contributed by atoms with Crippen molar-refractivity contribution in [3.05, 3.63) is 33.1 Å². The number of aromatic nitrogens is 1. The smallest absolute Gasteiger partial charge is 0.278 e. The summed E-state index contributed by atoms with van der Waals surface area (Å²) in [4.78, 5) is 17.4. The highest BCUT2D eigenvalue weighted by atomic mass is 16.6. The summed E-state index contributed by atoms with van der Waals surface area (Å²) in [7, 11) is 0. The van der Waals surface area contributed by atoms with E-state index in [4.69, 9.17) is 0 Å². The Kier molecular flexibility index (Phi) is 4.90. The van der Waals surface area contributed by atoms with Gasteiger partial charge in [-0.25, -0.2) is 0 Å². The fourth-order valence-corrected chi connectivity index (χ4v) is 3.01. The van der Waals surface area contributed by atoms with Crippen LogP contribution in [0.2, 0.25) is 0 Å². The molecule has 0 aromatic carbocycles. The lowest BCUT2D eigenvalue weighted by Crippen LogP contribution is -2.36. The number of likely N-dealkylation sites (tertiary alicyclic amines) is 1. The number of aliphatic hydroxyl groups excluding tert-OH is 1. The topological polar surface area (TPSA) is 79.5 Å². The highest BCUT2D eigenvalue weighted by Crippen LogP contribution is 2.26. The number of rotatable bonds is 4. The Bertz CT molecular complexity index is 523. The Hall–Kier alpha value is -1.53. The number of pyridine rings is 1. The maximum absolute atomic E-state index is 11.1. The van der Waals surface area contributed by atoms with E-state index in [1.807, 2.05) is 6.92 Å². The van der Waals surface area contributed by atoms with Crippen molar-refractivity contribution in [2.45, 2.75) is 46.3 Å². The van der Waals surface area contributed by atoms with Crippen molar-refractivity contribution < 1.29 is 10.0 Å². The van der Waals surface area contributed by atoms with Gasteiger partial charge in [0.15, 0.2) is 0 Å². The summed E-state index contributed by atoms with van der Waals surface area (Å²) in [5.74, 6) is 0.364. The number of piperidine rings is 1. The first-order valence-corrected chi connectivity index (χ1v) is 7.40. The lowest BCUT2D eigenvalue weighted by atomic mass is 9.92. The molecule has 6 nitrogen and oxygen atoms in total. The van der Waals surface area contributed by atoms with E-state index >= 15 is 0 Å². The second-order valence-corrected chi connectivity index (χ2v) is 5.97. The van der Waals surface area contributed by atoms with Gasteiger partial charge in [-0.2, -0.15) is 0 Å². The van der Waals surface area contributed by atoms with Gasteiger partial charge in [0, 0.05) is 23.9 Å². The van der Waals surface area contributed by atoms with Crippen LogP contribution in [-0.2, 0) is 6.54 Å². The van der Waals surface area contributed by atoms with Crippen LogP contribution in [0.5, 0.6) is 0 Å². The van der Waals surface area contributed by atoms with Crippen molar-refractivity contribution in [2.24, 2.45) is 5.92 Å². The summed E-state index contributed by atoms with van der Waals surface area (Å²) in [6, 6.07) is 0. The van der Waals surface area contributed by atoms with Gasteiger partial charge in [-0.1, -0.05) is 0 Å². The van der Waals surface area contributed by atoms with Gasteiger partial charge in [-0.3, -0.25) is 20.0 Å². The molecule has 0 saturated carbocycles. The summed E-state index contributed by atoms with van der Waals surface area (Å²) in [6.07, 6.45) is 3.26. The highest BCUT2D eigenvalue weighted by Gasteiger charge is 2.25. The summed E-state index contributed by atoms with van der Waals surface area (Å²) >= 11 is 0. The van der Waals surface area contributed by atoms with E-state index in [0.717, 1.165) is 31.6 Å². The first-order chi connectivity index (χ1) is 9.90. The van der Waals surface area contributed by atoms with Crippen LogP contribution in [0.25, 0.3) is 0 Å². The van der Waals surface area contributed by atoms with Crippen molar-refractivity contribution >= 4 is 5.69 Å². The van der Waals surface area contributed by atoms with E-state index in [0.29, 0.717) is 23.6 Å². The van der Waals surface area contributed by atoms with E-state index in [-0.39, 0.29) is 16.7 Å². The minimum absolute atomic E-state index is 0.180. The van der Waals surface area contributed by atoms with Crippen LogP contribution < -0.4 is 0 Å². The molecule has 1 aliphatic rings. The number of aliphatic hydroxyl groups is 1. The van der Waals surface area contributed by atoms with Gasteiger partial charge in [0.1, 0.15) is 0 Å². The van der Waals surface area contributed by atoms with Crippen molar-refractivity contribution in [3.8, 4) is 0 Å². The van der Waals surface area contributed by atoms with Crippen LogP contribution in [-0.4, -0.2) is 39.1 Å². The number of hydrogen-bond donors (Lipinski definition) is 1. The predicted molar refractivity (Wildman–Crippen MR) is 80.0 cm³/mol. The normalized spacial score (nSPS) is 18.7. The molecule has 2 rings (SSSR count). The van der Waals surface area contributed by atoms with E-state index in [9.17, 15) is 15.2 Å². The molecule has 1 unspecified atom stereocenters. The van der Waals surface area contributed by atoms with Crippen LogP contribution >= 0.6 is 0 Å². The molecule has 0 aliphatic carbocycles. The minimum atomic E-state index is -0.324. The van der Waals surface area contributed by atoms with Crippen molar-refractivity contribution in [1.29, 1.82) is 0 Å². The lowest BCUT2D eigenvalue weighted by Gasteiger charge is -2.33. The van der Waals surface area contributed by atoms with Gasteiger partial charge in [0.2, 0.25) is 0 Å². The van der Waals surface area contributed by atoms with E-state index in [1.165, 1.54) is 0 Å². The third kappa shape index (κ3) is 3.57. The van der Waals surface area contributed by atoms with E-state index in [2.05, 4.69) is 9.88 Å². The molecule has 0 radical (unpaired) electrons. The average molecular weight is 293 g/mol. The molecule has 0 bridgehead atoms. The third-order valence-electron chi connectivity index (χ3n) is 4.45. The number of nitrogens with zero attached hydrogens (tertiary/aromatic N) is 3. The fraction of sp³-hybridized carbons (Fsp3) is 0.667. The van der Waals surface area contributed by atoms with Gasteiger partial charge < -0.3 is 5.11 Å². The zero-order valence-electron chi connectivity index (χ0n) is 12.9. The molecular formula is C15H23N3O3. The van der Waals surface area contributed by atoms with E-state index < -0.39 is 0 Å². The molecule has 0 amide bonds. The first-order valence-electron chi connectivity index (χ1n) is 7.40. The molecule has 2 heterocycles. The molecule has 1 aromatic rings. The van der Waals surface area contributed by atoms with E-state index in [1.54, 1.807) is 20.0 Å². The van der Waals surface area contributed by atoms with Gasteiger partial charge >= 0.3 is 0 Å². The number of hydrogen-bond acceptors (Lipinski definition) is 5. The van der Waals surface area contributed by atoms with Gasteiger partial charge in [0.25, 0.3) is 5.69 Å². The minimum Gasteiger partial charge on any atom is -0.393 e. The van der Waals surface area contributed by atoms with Crippen LogP contribution in [0.15, 0.2) is 6.20 Å². The Morgan fingerprint density at radius 2 is 2.10 bits per heavy atom. The second-order valence-electron chi connectivity index (χ2n) is 5.97. The maximum Gasteiger partial charge on any atom is 0.278 e. The molecule has 1 atom stereocenters. The Labute approximate surface area is 125 Å². The summed E-state index contributed by atoms with van der Waals surface area (Å²) in [6.45, 7) is 7.78. The van der Waals surface area contributed by atoms with Crippen molar-refractivity contribution in [2.75, 3.05) is 13.1 Å². The number of nitro groups is 1. The first kappa shape index (κ1) is 15.9.